The number of rotatable bonds is 6. The van der Waals surface area contributed by atoms with Gasteiger partial charge in [-0.25, -0.2) is 4.98 Å². The van der Waals surface area contributed by atoms with Gasteiger partial charge in [-0.05, 0) is 38.4 Å². The molecule has 25 heavy (non-hydrogen) atoms. The predicted octanol–water partition coefficient (Wildman–Crippen LogP) is 2.93. The molecule has 0 atom stereocenters. The number of amides is 2. The quantitative estimate of drug-likeness (QED) is 0.807. The summed E-state index contributed by atoms with van der Waals surface area (Å²) in [4.78, 5) is 30.5. The molecule has 2 N–H and O–H groups in total. The van der Waals surface area contributed by atoms with Crippen LogP contribution in [0.2, 0.25) is 10.0 Å². The summed E-state index contributed by atoms with van der Waals surface area (Å²) in [5, 5.41) is 5.96. The highest BCUT2D eigenvalue weighted by Gasteiger charge is 2.14. The Balaban J connectivity index is 2.08. The normalized spacial score (nSPS) is 10.6. The van der Waals surface area contributed by atoms with Crippen molar-refractivity contribution in [1.29, 1.82) is 0 Å². The van der Waals surface area contributed by atoms with Crippen molar-refractivity contribution in [3.63, 3.8) is 0 Å². The first-order valence-electron chi connectivity index (χ1n) is 7.54. The predicted molar refractivity (Wildman–Crippen MR) is 99.5 cm³/mol. The summed E-state index contributed by atoms with van der Waals surface area (Å²) >= 11 is 12.0. The van der Waals surface area contributed by atoms with E-state index in [1.807, 2.05) is 19.0 Å². The standard InChI is InChI=1S/C17H18Cl2N4O2/c1-23(2)10-9-20-16(24)13-7-4-8-14(21-13)17(25)22-12-6-3-5-11(18)15(12)19/h3-8H,9-10H2,1-2H3,(H,20,24)(H,22,25). The van der Waals surface area contributed by atoms with Gasteiger partial charge in [-0.1, -0.05) is 35.3 Å². The first-order chi connectivity index (χ1) is 11.9. The van der Waals surface area contributed by atoms with Gasteiger partial charge >= 0.3 is 0 Å². The lowest BCUT2D eigenvalue weighted by Gasteiger charge is -2.11. The van der Waals surface area contributed by atoms with E-state index in [4.69, 9.17) is 23.2 Å². The maximum Gasteiger partial charge on any atom is 0.274 e. The SMILES string of the molecule is CN(C)CCNC(=O)c1cccc(C(=O)Nc2cccc(Cl)c2Cl)n1. The fourth-order valence-corrected chi connectivity index (χ4v) is 2.31. The van der Waals surface area contributed by atoms with Crippen molar-refractivity contribution in [2.24, 2.45) is 0 Å². The van der Waals surface area contributed by atoms with Crippen molar-refractivity contribution in [2.75, 3.05) is 32.5 Å². The Hall–Kier alpha value is -2.15. The maximum atomic E-state index is 12.3. The molecule has 1 heterocycles. The molecule has 0 aliphatic rings. The molecule has 132 valence electrons. The van der Waals surface area contributed by atoms with Gasteiger partial charge in [-0.15, -0.1) is 0 Å². The van der Waals surface area contributed by atoms with Crippen molar-refractivity contribution in [1.82, 2.24) is 15.2 Å². The highest BCUT2D eigenvalue weighted by Crippen LogP contribution is 2.29. The molecule has 0 unspecified atom stereocenters. The smallest absolute Gasteiger partial charge is 0.274 e. The van der Waals surface area contributed by atoms with Gasteiger partial charge in [0.25, 0.3) is 11.8 Å². The number of aromatic nitrogens is 1. The number of benzene rings is 1. The second kappa shape index (κ2) is 8.80. The van der Waals surface area contributed by atoms with Gasteiger partial charge in [-0.2, -0.15) is 0 Å². The minimum atomic E-state index is -0.480. The molecule has 1 aromatic carbocycles. The van der Waals surface area contributed by atoms with E-state index in [0.29, 0.717) is 23.8 Å². The van der Waals surface area contributed by atoms with Gasteiger partial charge < -0.3 is 15.5 Å². The molecular formula is C17H18Cl2N4O2. The van der Waals surface area contributed by atoms with Crippen LogP contribution in [0.3, 0.4) is 0 Å². The fourth-order valence-electron chi connectivity index (χ4n) is 1.96. The lowest BCUT2D eigenvalue weighted by molar-refractivity contribution is 0.0946. The average molecular weight is 381 g/mol. The van der Waals surface area contributed by atoms with E-state index < -0.39 is 5.91 Å². The minimum Gasteiger partial charge on any atom is -0.349 e. The molecule has 0 spiro atoms. The Morgan fingerprint density at radius 1 is 1.04 bits per heavy atom. The number of nitrogens with zero attached hydrogens (tertiary/aromatic N) is 2. The van der Waals surface area contributed by atoms with Gasteiger partial charge in [0.05, 0.1) is 15.7 Å². The molecule has 0 aliphatic heterocycles. The van der Waals surface area contributed by atoms with Crippen LogP contribution in [-0.4, -0.2) is 48.9 Å². The van der Waals surface area contributed by atoms with Crippen LogP contribution in [0.1, 0.15) is 21.0 Å². The van der Waals surface area contributed by atoms with E-state index in [9.17, 15) is 9.59 Å². The van der Waals surface area contributed by atoms with Crippen LogP contribution in [0.25, 0.3) is 0 Å². The number of likely N-dealkylation sites (N-methyl/N-ethyl adjacent to an activating group) is 1. The second-order valence-electron chi connectivity index (χ2n) is 5.52. The summed E-state index contributed by atoms with van der Waals surface area (Å²) in [6, 6.07) is 9.59. The van der Waals surface area contributed by atoms with Crippen molar-refractivity contribution < 1.29 is 9.59 Å². The lowest BCUT2D eigenvalue weighted by atomic mass is 10.2. The van der Waals surface area contributed by atoms with Gasteiger partial charge in [0, 0.05) is 13.1 Å². The first kappa shape index (κ1) is 19.2. The van der Waals surface area contributed by atoms with Crippen molar-refractivity contribution in [2.45, 2.75) is 0 Å². The topological polar surface area (TPSA) is 74.3 Å². The summed E-state index contributed by atoms with van der Waals surface area (Å²) < 4.78 is 0. The number of hydrogen-bond acceptors (Lipinski definition) is 4. The molecule has 0 saturated heterocycles. The van der Waals surface area contributed by atoms with Gasteiger partial charge in [0.15, 0.2) is 0 Å². The summed E-state index contributed by atoms with van der Waals surface area (Å²) in [5.74, 6) is -0.815. The highest BCUT2D eigenvalue weighted by molar-refractivity contribution is 6.44. The Morgan fingerprint density at radius 3 is 2.36 bits per heavy atom. The third-order valence-electron chi connectivity index (χ3n) is 3.26. The maximum absolute atomic E-state index is 12.3. The van der Waals surface area contributed by atoms with E-state index in [-0.39, 0.29) is 22.3 Å². The highest BCUT2D eigenvalue weighted by atomic mass is 35.5. The Bertz CT molecular complexity index is 781. The molecule has 2 amide bonds. The Labute approximate surface area is 156 Å². The number of nitrogens with one attached hydrogen (secondary N) is 2. The second-order valence-corrected chi connectivity index (χ2v) is 6.31. The minimum absolute atomic E-state index is 0.108. The summed E-state index contributed by atoms with van der Waals surface area (Å²) in [5.41, 5.74) is 0.654. The average Bonchev–Trinajstić information content (AvgIpc) is 2.58. The van der Waals surface area contributed by atoms with Crippen LogP contribution in [-0.2, 0) is 0 Å². The van der Waals surface area contributed by atoms with Crippen LogP contribution in [0.4, 0.5) is 5.69 Å². The van der Waals surface area contributed by atoms with Crippen LogP contribution in [0.15, 0.2) is 36.4 Å². The molecule has 0 saturated carbocycles. The van der Waals surface area contributed by atoms with Crippen LogP contribution < -0.4 is 10.6 Å². The fraction of sp³-hybridized carbons (Fsp3) is 0.235. The van der Waals surface area contributed by atoms with Gasteiger partial charge in [-0.3, -0.25) is 9.59 Å². The Kier molecular flexibility index (Phi) is 6.75. The molecule has 0 aliphatic carbocycles. The third-order valence-corrected chi connectivity index (χ3v) is 4.08. The molecule has 2 aromatic rings. The molecule has 6 nitrogen and oxygen atoms in total. The summed E-state index contributed by atoms with van der Waals surface area (Å²) in [6.07, 6.45) is 0. The van der Waals surface area contributed by atoms with Crippen LogP contribution in [0, 0.1) is 0 Å². The lowest BCUT2D eigenvalue weighted by Crippen LogP contribution is -2.32. The van der Waals surface area contributed by atoms with E-state index in [1.54, 1.807) is 30.3 Å². The largest absolute Gasteiger partial charge is 0.349 e. The Morgan fingerprint density at radius 2 is 1.68 bits per heavy atom. The third kappa shape index (κ3) is 5.42. The molecular weight excluding hydrogens is 363 g/mol. The molecule has 2 rings (SSSR count). The van der Waals surface area contributed by atoms with Crippen LogP contribution in [0.5, 0.6) is 0 Å². The summed E-state index contributed by atoms with van der Waals surface area (Å²) in [7, 11) is 3.83. The molecule has 0 bridgehead atoms. The number of pyridine rings is 1. The monoisotopic (exact) mass is 380 g/mol. The van der Waals surface area contributed by atoms with E-state index in [1.165, 1.54) is 6.07 Å². The number of halogens is 2. The van der Waals surface area contributed by atoms with Crippen molar-refractivity contribution >= 4 is 40.7 Å². The van der Waals surface area contributed by atoms with Crippen molar-refractivity contribution in [3.8, 4) is 0 Å². The van der Waals surface area contributed by atoms with Gasteiger partial charge in [0.1, 0.15) is 11.4 Å². The van der Waals surface area contributed by atoms with E-state index in [2.05, 4.69) is 15.6 Å². The number of carbonyl (C=O) groups is 2. The van der Waals surface area contributed by atoms with E-state index >= 15 is 0 Å². The molecule has 0 fully saturated rings. The number of anilines is 1. The van der Waals surface area contributed by atoms with Crippen LogP contribution >= 0.6 is 23.2 Å². The molecule has 8 heteroatoms. The first-order valence-corrected chi connectivity index (χ1v) is 8.29. The molecule has 0 radical (unpaired) electrons. The van der Waals surface area contributed by atoms with Crippen molar-refractivity contribution in [3.05, 3.63) is 57.8 Å². The zero-order valence-corrected chi connectivity index (χ0v) is 15.4. The number of hydrogen-bond donors (Lipinski definition) is 2. The summed E-state index contributed by atoms with van der Waals surface area (Å²) in [6.45, 7) is 1.20. The number of carbonyl (C=O) groups excluding carboxylic acids is 2. The zero-order chi connectivity index (χ0) is 18.4. The van der Waals surface area contributed by atoms with E-state index in [0.717, 1.165) is 0 Å². The zero-order valence-electron chi connectivity index (χ0n) is 13.8. The molecule has 1 aromatic heterocycles. The van der Waals surface area contributed by atoms with Gasteiger partial charge in [0.2, 0.25) is 0 Å².